The molecule has 0 fully saturated rings. The van der Waals surface area contributed by atoms with E-state index >= 15 is 0 Å². The largest absolute Gasteiger partial charge is 0.420 e. The lowest BCUT2D eigenvalue weighted by Crippen LogP contribution is -2.23. The van der Waals surface area contributed by atoms with Crippen LogP contribution in [0.5, 0.6) is 5.88 Å². The van der Waals surface area contributed by atoms with Crippen LogP contribution in [0, 0.1) is 21.4 Å². The van der Waals surface area contributed by atoms with E-state index in [1.807, 2.05) is 20.8 Å². The SMILES string of the molecule is CC(C)(C)c1[nH]nc2c1[C@H](c1ccc([N+](=O)[O-])cc1)C(C#N)=C(N)O2. The number of aromatic amines is 1. The van der Waals surface area contributed by atoms with Gasteiger partial charge in [0.2, 0.25) is 11.8 Å². The van der Waals surface area contributed by atoms with E-state index in [-0.39, 0.29) is 22.6 Å². The van der Waals surface area contributed by atoms with E-state index in [4.69, 9.17) is 10.5 Å². The summed E-state index contributed by atoms with van der Waals surface area (Å²) in [4.78, 5) is 10.4. The second-order valence-electron chi connectivity index (χ2n) is 6.84. The molecule has 128 valence electrons. The Bertz CT molecular complexity index is 913. The maximum atomic E-state index is 10.9. The first kappa shape index (κ1) is 16.5. The Morgan fingerprint density at radius 1 is 1.36 bits per heavy atom. The van der Waals surface area contributed by atoms with Gasteiger partial charge < -0.3 is 10.5 Å². The molecule has 1 aromatic carbocycles. The van der Waals surface area contributed by atoms with Gasteiger partial charge in [-0.05, 0) is 5.56 Å². The molecule has 0 unspecified atom stereocenters. The number of nitriles is 1. The monoisotopic (exact) mass is 339 g/mol. The van der Waals surface area contributed by atoms with Gasteiger partial charge in [-0.1, -0.05) is 32.9 Å². The molecule has 0 saturated heterocycles. The molecule has 1 aliphatic heterocycles. The number of aromatic nitrogens is 2. The normalized spacial score (nSPS) is 16.8. The summed E-state index contributed by atoms with van der Waals surface area (Å²) in [5.74, 6) is -0.183. The first-order chi connectivity index (χ1) is 11.7. The van der Waals surface area contributed by atoms with Crippen molar-refractivity contribution in [1.29, 1.82) is 5.26 Å². The highest BCUT2D eigenvalue weighted by Crippen LogP contribution is 2.45. The van der Waals surface area contributed by atoms with Gasteiger partial charge >= 0.3 is 0 Å². The molecule has 0 aliphatic carbocycles. The fraction of sp³-hybridized carbons (Fsp3) is 0.294. The Balaban J connectivity index is 2.22. The zero-order valence-electron chi connectivity index (χ0n) is 14.0. The lowest BCUT2D eigenvalue weighted by Gasteiger charge is -2.27. The zero-order chi connectivity index (χ0) is 18.4. The summed E-state index contributed by atoms with van der Waals surface area (Å²) in [6, 6.07) is 8.18. The van der Waals surface area contributed by atoms with E-state index in [1.165, 1.54) is 12.1 Å². The number of nitrogens with zero attached hydrogens (tertiary/aromatic N) is 3. The maximum Gasteiger partial charge on any atom is 0.269 e. The fourth-order valence-electron chi connectivity index (χ4n) is 2.94. The van der Waals surface area contributed by atoms with Crippen molar-refractivity contribution in [2.24, 2.45) is 5.73 Å². The maximum absolute atomic E-state index is 10.9. The molecule has 0 radical (unpaired) electrons. The van der Waals surface area contributed by atoms with Crippen molar-refractivity contribution in [2.75, 3.05) is 0 Å². The van der Waals surface area contributed by atoms with Gasteiger partial charge in [0.05, 0.1) is 16.4 Å². The highest BCUT2D eigenvalue weighted by molar-refractivity contribution is 5.56. The lowest BCUT2D eigenvalue weighted by atomic mass is 9.79. The topological polar surface area (TPSA) is 131 Å². The second-order valence-corrected chi connectivity index (χ2v) is 6.84. The molecular formula is C17H17N5O3. The molecule has 8 nitrogen and oxygen atoms in total. The summed E-state index contributed by atoms with van der Waals surface area (Å²) in [7, 11) is 0. The van der Waals surface area contributed by atoms with Gasteiger partial charge in [-0.3, -0.25) is 15.2 Å². The molecule has 1 atom stereocenters. The minimum Gasteiger partial charge on any atom is -0.420 e. The molecule has 25 heavy (non-hydrogen) atoms. The van der Waals surface area contributed by atoms with Crippen molar-refractivity contribution in [3.05, 3.63) is 62.7 Å². The van der Waals surface area contributed by atoms with E-state index < -0.39 is 10.8 Å². The molecule has 1 aromatic heterocycles. The Morgan fingerprint density at radius 3 is 2.52 bits per heavy atom. The molecule has 0 amide bonds. The van der Waals surface area contributed by atoms with Crippen LogP contribution >= 0.6 is 0 Å². The Kier molecular flexibility index (Phi) is 3.72. The third kappa shape index (κ3) is 2.70. The number of non-ortho nitro benzene ring substituents is 1. The molecule has 8 heteroatoms. The molecule has 0 bridgehead atoms. The van der Waals surface area contributed by atoms with Crippen molar-refractivity contribution in [2.45, 2.75) is 32.1 Å². The Morgan fingerprint density at radius 2 is 2.00 bits per heavy atom. The third-order valence-corrected chi connectivity index (χ3v) is 4.13. The van der Waals surface area contributed by atoms with Crippen molar-refractivity contribution in [3.63, 3.8) is 0 Å². The van der Waals surface area contributed by atoms with Gasteiger partial charge in [0, 0.05) is 23.2 Å². The molecule has 2 aromatic rings. The molecule has 0 spiro atoms. The van der Waals surface area contributed by atoms with Crippen molar-refractivity contribution in [3.8, 4) is 11.9 Å². The number of allylic oxidation sites excluding steroid dienone is 1. The van der Waals surface area contributed by atoms with E-state index in [1.54, 1.807) is 12.1 Å². The summed E-state index contributed by atoms with van der Waals surface area (Å²) in [6.07, 6.45) is 0. The second kappa shape index (κ2) is 5.63. The number of nitro benzene ring substituents is 1. The third-order valence-electron chi connectivity index (χ3n) is 4.13. The summed E-state index contributed by atoms with van der Waals surface area (Å²) in [5.41, 5.74) is 8.14. The Labute approximate surface area is 144 Å². The first-order valence-corrected chi connectivity index (χ1v) is 7.64. The molecule has 1 aliphatic rings. The number of nitro groups is 1. The minimum atomic E-state index is -0.498. The van der Waals surface area contributed by atoms with Gasteiger partial charge in [-0.25, -0.2) is 0 Å². The van der Waals surface area contributed by atoms with Crippen molar-refractivity contribution in [1.82, 2.24) is 10.2 Å². The number of benzene rings is 1. The van der Waals surface area contributed by atoms with E-state index in [9.17, 15) is 15.4 Å². The van der Waals surface area contributed by atoms with Crippen molar-refractivity contribution < 1.29 is 9.66 Å². The standard InChI is InChI=1S/C17H17N5O3/c1-17(2,3)14-13-12(9-4-6-10(7-5-9)22(23)24)11(8-18)15(19)25-16(13)21-20-14/h4-7,12H,19H2,1-3H3,(H,20,21)/t12-/m1/s1. The van der Waals surface area contributed by atoms with Crippen LogP contribution in [0.25, 0.3) is 0 Å². The first-order valence-electron chi connectivity index (χ1n) is 7.64. The average Bonchev–Trinajstić information content (AvgIpc) is 2.97. The predicted octanol–water partition coefficient (Wildman–Crippen LogP) is 2.83. The number of ether oxygens (including phenoxy) is 1. The van der Waals surface area contributed by atoms with Crippen LogP contribution in [-0.4, -0.2) is 15.1 Å². The molecule has 3 N–H and O–H groups in total. The Hall–Kier alpha value is -3.34. The summed E-state index contributed by atoms with van der Waals surface area (Å²) < 4.78 is 5.51. The summed E-state index contributed by atoms with van der Waals surface area (Å²) in [5, 5.41) is 27.6. The predicted molar refractivity (Wildman–Crippen MR) is 89.7 cm³/mol. The highest BCUT2D eigenvalue weighted by Gasteiger charge is 2.38. The molecule has 2 heterocycles. The van der Waals surface area contributed by atoms with Crippen LogP contribution in [0.15, 0.2) is 35.7 Å². The van der Waals surface area contributed by atoms with Crippen LogP contribution < -0.4 is 10.5 Å². The number of nitrogens with two attached hydrogens (primary N) is 1. The van der Waals surface area contributed by atoms with Crippen molar-refractivity contribution >= 4 is 5.69 Å². The van der Waals surface area contributed by atoms with Gasteiger partial charge in [-0.2, -0.15) is 5.26 Å². The number of fused-ring (bicyclic) bond motifs is 1. The van der Waals surface area contributed by atoms with Gasteiger partial charge in [0.15, 0.2) is 0 Å². The number of H-pyrrole nitrogens is 1. The summed E-state index contributed by atoms with van der Waals surface area (Å²) >= 11 is 0. The number of hydrogen-bond donors (Lipinski definition) is 2. The average molecular weight is 339 g/mol. The van der Waals surface area contributed by atoms with Crippen LogP contribution in [0.1, 0.15) is 43.5 Å². The van der Waals surface area contributed by atoms with Gasteiger partial charge in [0.25, 0.3) is 5.69 Å². The van der Waals surface area contributed by atoms with Crippen LogP contribution in [-0.2, 0) is 5.41 Å². The number of nitrogens with one attached hydrogen (secondary N) is 1. The highest BCUT2D eigenvalue weighted by atomic mass is 16.6. The molecule has 0 saturated carbocycles. The van der Waals surface area contributed by atoms with Gasteiger partial charge in [0.1, 0.15) is 11.6 Å². The number of rotatable bonds is 2. The molecule has 3 rings (SSSR count). The van der Waals surface area contributed by atoms with Crippen LogP contribution in [0.4, 0.5) is 5.69 Å². The fourth-order valence-corrected chi connectivity index (χ4v) is 2.94. The smallest absolute Gasteiger partial charge is 0.269 e. The zero-order valence-corrected chi connectivity index (χ0v) is 14.0. The van der Waals surface area contributed by atoms with Gasteiger partial charge in [-0.15, -0.1) is 5.10 Å². The summed E-state index contributed by atoms with van der Waals surface area (Å²) in [6.45, 7) is 6.05. The quantitative estimate of drug-likeness (QED) is 0.639. The van der Waals surface area contributed by atoms with E-state index in [0.717, 1.165) is 11.3 Å². The van der Waals surface area contributed by atoms with Crippen LogP contribution in [0.3, 0.4) is 0 Å². The lowest BCUT2D eigenvalue weighted by molar-refractivity contribution is -0.384. The van der Waals surface area contributed by atoms with E-state index in [2.05, 4.69) is 16.3 Å². The molecular weight excluding hydrogens is 322 g/mol. The van der Waals surface area contributed by atoms with E-state index in [0.29, 0.717) is 11.4 Å². The van der Waals surface area contributed by atoms with Crippen LogP contribution in [0.2, 0.25) is 0 Å². The minimum absolute atomic E-state index is 0.00897. The number of hydrogen-bond acceptors (Lipinski definition) is 6.